The highest BCUT2D eigenvalue weighted by Gasteiger charge is 2.75. The molecule has 1 aromatic heterocycles. The van der Waals surface area contributed by atoms with Gasteiger partial charge in [-0.3, -0.25) is 29.0 Å². The standard InChI is InChI=1S/C50H54N2O10S/c1-25-26(2)36(22-40(56)60-34-10-8-30-20-38-50(58)14-12-32(54)46-48(50,42(30)44(34)62-46)16-18-52(38)24-28-5-6-28)63-35(25)21-39(55)59-33-9-7-29-19-37-49(57)13-11-31(53)45-47(49,41(29)43(33)61-45)15-17-51(37)23-27-3-4-27/h7-10,27-28,37-38,45-46,57-58H,3-6,11-24H2,1-2H3/t37-,38-,45+,46+,47+,48+,49-,50-/m1/s1. The van der Waals surface area contributed by atoms with Crippen molar-refractivity contribution in [2.75, 3.05) is 26.2 Å². The number of nitrogens with zero attached hydrogens (tertiary/aromatic N) is 2. The Bertz CT molecular complexity index is 2410. The largest absolute Gasteiger partial charge is 0.477 e. The van der Waals surface area contributed by atoms with E-state index in [1.807, 2.05) is 26.0 Å². The summed E-state index contributed by atoms with van der Waals surface area (Å²) in [5.74, 6) is 1.74. The fraction of sp³-hybridized carbons (Fsp3) is 0.600. The van der Waals surface area contributed by atoms with Crippen LogP contribution in [0, 0.1) is 25.7 Å². The first kappa shape index (κ1) is 39.2. The van der Waals surface area contributed by atoms with Gasteiger partial charge in [0.2, 0.25) is 0 Å². The molecule has 10 aliphatic rings. The maximum atomic E-state index is 13.8. The van der Waals surface area contributed by atoms with Crippen LogP contribution in [0.4, 0.5) is 0 Å². The van der Waals surface area contributed by atoms with Gasteiger partial charge in [0.05, 0.1) is 34.9 Å². The van der Waals surface area contributed by atoms with E-state index in [0.717, 1.165) is 69.3 Å². The molecule has 63 heavy (non-hydrogen) atoms. The number of ether oxygens (including phenoxy) is 4. The Labute approximate surface area is 370 Å². The number of piperidine rings is 2. The first-order valence-electron chi connectivity index (χ1n) is 23.5. The van der Waals surface area contributed by atoms with E-state index in [9.17, 15) is 29.4 Å². The van der Waals surface area contributed by atoms with Crippen molar-refractivity contribution in [1.82, 2.24) is 9.80 Å². The van der Waals surface area contributed by atoms with Crippen LogP contribution in [0.15, 0.2) is 24.3 Å². The van der Waals surface area contributed by atoms with E-state index in [2.05, 4.69) is 9.80 Å². The van der Waals surface area contributed by atoms with Crippen LogP contribution < -0.4 is 18.9 Å². The number of carbonyl (C=O) groups is 4. The Morgan fingerprint density at radius 2 is 1.11 bits per heavy atom. The van der Waals surface area contributed by atoms with E-state index in [0.29, 0.717) is 61.9 Å². The molecular formula is C50H54N2O10S. The SMILES string of the molecule is Cc1c(CC(=O)Oc2ccc3c4c2O[C@H]2C(=O)CC[C@@]5(O)[C@@H](C3)N(CC3CC3)CC[C@]425)sc(CC(=O)Oc2ccc3c4c2O[C@H]2C(=O)CC[C@@]5(O)[C@@H](C3)N(CC3CC3)CC[C@]425)c1C. The number of thiophene rings is 1. The molecule has 12 nitrogen and oxygen atoms in total. The van der Waals surface area contributed by atoms with Gasteiger partial charge in [-0.1, -0.05) is 12.1 Å². The second kappa shape index (κ2) is 13.2. The topological polar surface area (TPSA) is 152 Å². The summed E-state index contributed by atoms with van der Waals surface area (Å²) in [6, 6.07) is 7.37. The molecular weight excluding hydrogens is 821 g/mol. The molecule has 4 bridgehead atoms. The Morgan fingerprint density at radius 3 is 1.52 bits per heavy atom. The van der Waals surface area contributed by atoms with Crippen LogP contribution in [0.25, 0.3) is 0 Å². The average molecular weight is 875 g/mol. The molecule has 2 N–H and O–H groups in total. The lowest BCUT2D eigenvalue weighted by molar-refractivity contribution is -0.188. The van der Waals surface area contributed by atoms with Crippen LogP contribution in [0.5, 0.6) is 23.0 Å². The maximum absolute atomic E-state index is 13.8. The molecule has 3 aromatic rings. The van der Waals surface area contributed by atoms with Gasteiger partial charge >= 0.3 is 11.9 Å². The van der Waals surface area contributed by atoms with Crippen molar-refractivity contribution in [2.24, 2.45) is 11.8 Å². The molecule has 2 saturated heterocycles. The van der Waals surface area contributed by atoms with Gasteiger partial charge in [0.1, 0.15) is 0 Å². The summed E-state index contributed by atoms with van der Waals surface area (Å²) in [5, 5.41) is 25.3. The lowest BCUT2D eigenvalue weighted by atomic mass is 9.49. The van der Waals surface area contributed by atoms with Crippen molar-refractivity contribution < 1.29 is 48.3 Å². The van der Waals surface area contributed by atoms with Crippen LogP contribution >= 0.6 is 11.3 Å². The number of esters is 2. The number of aliphatic hydroxyl groups is 2. The van der Waals surface area contributed by atoms with E-state index in [1.54, 1.807) is 12.1 Å². The molecule has 0 amide bonds. The van der Waals surface area contributed by atoms with Gasteiger partial charge in [-0.05, 0) is 137 Å². The normalized spacial score (nSPS) is 35.4. The quantitative estimate of drug-likeness (QED) is 0.210. The number of Topliss-reactive ketones (excluding diaryl/α,β-unsaturated/α-hetero) is 2. The number of hydrogen-bond acceptors (Lipinski definition) is 13. The van der Waals surface area contributed by atoms with Gasteiger partial charge in [0.15, 0.2) is 46.8 Å². The zero-order valence-electron chi connectivity index (χ0n) is 36.0. The minimum Gasteiger partial charge on any atom is -0.477 e. The fourth-order valence-corrected chi connectivity index (χ4v) is 15.6. The Hall–Kier alpha value is -4.14. The number of rotatable bonds is 10. The van der Waals surface area contributed by atoms with Crippen molar-refractivity contribution in [3.05, 3.63) is 67.4 Å². The van der Waals surface area contributed by atoms with E-state index in [1.165, 1.54) is 37.0 Å². The summed E-state index contributed by atoms with van der Waals surface area (Å²) in [4.78, 5) is 61.2. The van der Waals surface area contributed by atoms with Gasteiger partial charge in [0, 0.05) is 58.9 Å². The second-order valence-corrected chi connectivity index (χ2v) is 22.1. The monoisotopic (exact) mass is 874 g/mol. The van der Waals surface area contributed by atoms with Crippen molar-refractivity contribution in [3.8, 4) is 23.0 Å². The average Bonchev–Trinajstić information content (AvgIpc) is 4.17. The van der Waals surface area contributed by atoms with Crippen LogP contribution in [0.3, 0.4) is 0 Å². The first-order valence-corrected chi connectivity index (χ1v) is 24.3. The molecule has 13 rings (SSSR count). The van der Waals surface area contributed by atoms with E-state index in [4.69, 9.17) is 18.9 Å². The molecule has 0 unspecified atom stereocenters. The molecule has 2 spiro atoms. The van der Waals surface area contributed by atoms with Crippen LogP contribution in [-0.4, -0.2) is 105 Å². The van der Waals surface area contributed by atoms with Crippen molar-refractivity contribution >= 4 is 34.8 Å². The molecule has 4 aliphatic heterocycles. The summed E-state index contributed by atoms with van der Waals surface area (Å²) in [6.45, 7) is 7.42. The number of benzene rings is 2. The van der Waals surface area contributed by atoms with Gasteiger partial charge in [0.25, 0.3) is 0 Å². The molecule has 2 aromatic carbocycles. The highest BCUT2D eigenvalue weighted by molar-refractivity contribution is 7.12. The maximum Gasteiger partial charge on any atom is 0.316 e. The molecule has 6 aliphatic carbocycles. The molecule has 13 heteroatoms. The Kier molecular flexibility index (Phi) is 8.25. The van der Waals surface area contributed by atoms with Gasteiger partial charge in [-0.15, -0.1) is 11.3 Å². The van der Waals surface area contributed by atoms with Gasteiger partial charge < -0.3 is 29.2 Å². The summed E-state index contributed by atoms with van der Waals surface area (Å²) in [6.07, 6.45) is 7.15. The third kappa shape index (κ3) is 5.23. The summed E-state index contributed by atoms with van der Waals surface area (Å²) < 4.78 is 25.2. The zero-order chi connectivity index (χ0) is 42.9. The number of ketones is 2. The number of hydrogen-bond donors (Lipinski definition) is 2. The third-order valence-electron chi connectivity index (χ3n) is 17.8. The van der Waals surface area contributed by atoms with Crippen LogP contribution in [-0.2, 0) is 55.7 Å². The van der Waals surface area contributed by atoms with Crippen LogP contribution in [0.1, 0.15) is 107 Å². The molecule has 4 saturated carbocycles. The van der Waals surface area contributed by atoms with Crippen molar-refractivity contribution in [3.63, 3.8) is 0 Å². The summed E-state index contributed by atoms with van der Waals surface area (Å²) >= 11 is 1.38. The lowest BCUT2D eigenvalue weighted by Crippen LogP contribution is -2.76. The predicted octanol–water partition coefficient (Wildman–Crippen LogP) is 4.93. The zero-order valence-corrected chi connectivity index (χ0v) is 36.8. The Morgan fingerprint density at radius 1 is 0.683 bits per heavy atom. The summed E-state index contributed by atoms with van der Waals surface area (Å²) in [7, 11) is 0. The Balaban J connectivity index is 0.735. The highest BCUT2D eigenvalue weighted by atomic mass is 32.1. The number of carbonyl (C=O) groups excluding carboxylic acids is 4. The van der Waals surface area contributed by atoms with Crippen molar-refractivity contribution in [1.29, 1.82) is 0 Å². The minimum absolute atomic E-state index is 0.00735. The molecule has 6 fully saturated rings. The molecule has 5 heterocycles. The van der Waals surface area contributed by atoms with Crippen LogP contribution in [0.2, 0.25) is 0 Å². The van der Waals surface area contributed by atoms with Crippen molar-refractivity contribution in [2.45, 2.75) is 150 Å². The fourth-order valence-electron chi connectivity index (χ4n) is 14.3. The first-order chi connectivity index (χ1) is 30.3. The third-order valence-corrected chi connectivity index (χ3v) is 19.2. The van der Waals surface area contributed by atoms with E-state index in [-0.39, 0.29) is 60.8 Å². The smallest absolute Gasteiger partial charge is 0.316 e. The lowest BCUT2D eigenvalue weighted by Gasteiger charge is -2.62. The second-order valence-electron chi connectivity index (χ2n) is 20.9. The van der Waals surface area contributed by atoms with Gasteiger partial charge in [-0.2, -0.15) is 0 Å². The molecule has 0 radical (unpaired) electrons. The molecule has 330 valence electrons. The van der Waals surface area contributed by atoms with E-state index >= 15 is 0 Å². The highest BCUT2D eigenvalue weighted by Crippen LogP contribution is 2.67. The predicted molar refractivity (Wildman–Crippen MR) is 229 cm³/mol. The number of likely N-dealkylation sites (tertiary alicyclic amines) is 2. The van der Waals surface area contributed by atoms with Gasteiger partial charge in [-0.25, -0.2) is 0 Å². The summed E-state index contributed by atoms with van der Waals surface area (Å²) in [5.41, 5.74) is 1.68. The molecule has 8 atom stereocenters. The van der Waals surface area contributed by atoms with E-state index < -0.39 is 46.2 Å². The minimum atomic E-state index is -1.10.